The van der Waals surface area contributed by atoms with Crippen molar-refractivity contribution >= 4 is 11.8 Å². The Morgan fingerprint density at radius 2 is 1.78 bits per heavy atom. The molecule has 6 nitrogen and oxygen atoms in total. The molecular formula is C24H27F2N3O3. The molecule has 0 fully saturated rings. The van der Waals surface area contributed by atoms with Gasteiger partial charge in [-0.3, -0.25) is 4.79 Å². The zero-order valence-electron chi connectivity index (χ0n) is 18.5. The molecule has 0 N–H and O–H groups in total. The van der Waals surface area contributed by atoms with Crippen LogP contribution in [0.25, 0.3) is 11.3 Å². The van der Waals surface area contributed by atoms with Crippen molar-refractivity contribution in [3.05, 3.63) is 71.3 Å². The summed E-state index contributed by atoms with van der Waals surface area (Å²) in [5, 5.41) is 4.24. The third-order valence-electron chi connectivity index (χ3n) is 5.21. The molecule has 1 aromatic heterocycles. The van der Waals surface area contributed by atoms with Crippen molar-refractivity contribution < 1.29 is 22.8 Å². The number of carbonyl (C=O) groups is 1. The lowest BCUT2D eigenvalue weighted by Crippen LogP contribution is -2.34. The van der Waals surface area contributed by atoms with Crippen LogP contribution >= 0.6 is 0 Å². The van der Waals surface area contributed by atoms with Gasteiger partial charge < -0.3 is 19.1 Å². The van der Waals surface area contributed by atoms with Crippen molar-refractivity contribution in [1.82, 2.24) is 10.1 Å². The predicted octanol–water partition coefficient (Wildman–Crippen LogP) is 4.75. The number of ether oxygens (including phenoxy) is 1. The molecule has 0 aliphatic heterocycles. The fourth-order valence-corrected chi connectivity index (χ4v) is 3.49. The maximum atomic E-state index is 13.7. The third-order valence-corrected chi connectivity index (χ3v) is 5.21. The highest BCUT2D eigenvalue weighted by Gasteiger charge is 2.26. The number of benzene rings is 2. The maximum Gasteiger partial charge on any atom is 0.254 e. The van der Waals surface area contributed by atoms with Crippen LogP contribution in [0.3, 0.4) is 0 Å². The minimum atomic E-state index is -0.483. The van der Waals surface area contributed by atoms with Gasteiger partial charge in [-0.1, -0.05) is 11.2 Å². The second kappa shape index (κ2) is 10.9. The molecule has 0 unspecified atom stereocenters. The molecule has 0 bridgehead atoms. The van der Waals surface area contributed by atoms with Gasteiger partial charge in [-0.25, -0.2) is 8.78 Å². The largest absolute Gasteiger partial charge is 0.383 e. The lowest BCUT2D eigenvalue weighted by molar-refractivity contribution is 0.0680. The number of methoxy groups -OCH3 is 1. The number of aromatic nitrogens is 1. The van der Waals surface area contributed by atoms with Crippen LogP contribution in [-0.4, -0.2) is 49.3 Å². The first-order valence-corrected chi connectivity index (χ1v) is 10.5. The molecule has 0 saturated heterocycles. The van der Waals surface area contributed by atoms with Gasteiger partial charge in [-0.15, -0.1) is 0 Å². The molecule has 1 heterocycles. The second-order valence-electron chi connectivity index (χ2n) is 7.22. The first kappa shape index (κ1) is 23.4. The van der Waals surface area contributed by atoms with E-state index in [9.17, 15) is 13.6 Å². The summed E-state index contributed by atoms with van der Waals surface area (Å²) in [6, 6.07) is 11.5. The number of anilines is 1. The van der Waals surface area contributed by atoms with E-state index >= 15 is 0 Å². The number of carbonyl (C=O) groups excluding carboxylic acids is 1. The highest BCUT2D eigenvalue weighted by molar-refractivity contribution is 5.94. The summed E-state index contributed by atoms with van der Waals surface area (Å²) >= 11 is 0. The minimum absolute atomic E-state index is 0.167. The molecular weight excluding hydrogens is 416 g/mol. The highest BCUT2D eigenvalue weighted by atomic mass is 19.1. The van der Waals surface area contributed by atoms with Crippen molar-refractivity contribution in [2.24, 2.45) is 0 Å². The SMILES string of the molecule is CCN(CC)c1onc(-c2ccc(F)cc2)c1CN(CCOC)C(=O)c1cccc(F)c1. The first-order chi connectivity index (χ1) is 15.5. The second-order valence-corrected chi connectivity index (χ2v) is 7.22. The smallest absolute Gasteiger partial charge is 0.254 e. The average molecular weight is 443 g/mol. The standard InChI is InChI=1S/C24H27F2N3O3/c1-4-28(5-2)24-21(22(27-32-24)17-9-11-19(25)12-10-17)16-29(13-14-31-3)23(30)18-7-6-8-20(26)15-18/h6-12,15H,4-5,13-14,16H2,1-3H3. The van der Waals surface area contributed by atoms with Crippen molar-refractivity contribution in [2.45, 2.75) is 20.4 Å². The van der Waals surface area contributed by atoms with Gasteiger partial charge in [-0.05, 0) is 56.3 Å². The highest BCUT2D eigenvalue weighted by Crippen LogP contribution is 2.33. The van der Waals surface area contributed by atoms with Gasteiger partial charge in [-0.2, -0.15) is 0 Å². The minimum Gasteiger partial charge on any atom is -0.383 e. The van der Waals surface area contributed by atoms with Crippen LogP contribution in [-0.2, 0) is 11.3 Å². The molecule has 32 heavy (non-hydrogen) atoms. The van der Waals surface area contributed by atoms with E-state index in [1.54, 1.807) is 30.2 Å². The van der Waals surface area contributed by atoms with E-state index in [4.69, 9.17) is 9.26 Å². The molecule has 170 valence electrons. The number of rotatable bonds is 10. The molecule has 0 radical (unpaired) electrons. The van der Waals surface area contributed by atoms with Gasteiger partial charge in [0.2, 0.25) is 5.88 Å². The van der Waals surface area contributed by atoms with Gasteiger partial charge in [0.25, 0.3) is 5.91 Å². The van der Waals surface area contributed by atoms with Gasteiger partial charge in [0, 0.05) is 37.9 Å². The number of hydrogen-bond donors (Lipinski definition) is 0. The van der Waals surface area contributed by atoms with E-state index < -0.39 is 5.82 Å². The molecule has 0 aliphatic carbocycles. The Morgan fingerprint density at radius 3 is 2.41 bits per heavy atom. The van der Waals surface area contributed by atoms with Gasteiger partial charge in [0.05, 0.1) is 18.7 Å². The van der Waals surface area contributed by atoms with Gasteiger partial charge in [0.1, 0.15) is 17.3 Å². The topological polar surface area (TPSA) is 58.8 Å². The van der Waals surface area contributed by atoms with E-state index in [2.05, 4.69) is 5.16 Å². The van der Waals surface area contributed by atoms with Crippen molar-refractivity contribution in [3.8, 4) is 11.3 Å². The van der Waals surface area contributed by atoms with Crippen LogP contribution in [0.2, 0.25) is 0 Å². The fourth-order valence-electron chi connectivity index (χ4n) is 3.49. The summed E-state index contributed by atoms with van der Waals surface area (Å²) < 4.78 is 38.1. The zero-order valence-corrected chi connectivity index (χ0v) is 18.5. The Labute approximate surface area is 186 Å². The summed E-state index contributed by atoms with van der Waals surface area (Å²) in [5.74, 6) is -0.629. The lowest BCUT2D eigenvalue weighted by atomic mass is 10.1. The molecule has 0 spiro atoms. The third kappa shape index (κ3) is 5.31. The van der Waals surface area contributed by atoms with Gasteiger partial charge >= 0.3 is 0 Å². The average Bonchev–Trinajstić information content (AvgIpc) is 3.20. The van der Waals surface area contributed by atoms with Crippen LogP contribution in [0, 0.1) is 11.6 Å². The van der Waals surface area contributed by atoms with Crippen LogP contribution in [0.5, 0.6) is 0 Å². The van der Waals surface area contributed by atoms with Crippen LogP contribution in [0.1, 0.15) is 29.8 Å². The van der Waals surface area contributed by atoms with Crippen LogP contribution < -0.4 is 4.90 Å². The summed E-state index contributed by atoms with van der Waals surface area (Å²) in [5.41, 5.74) is 2.14. The summed E-state index contributed by atoms with van der Waals surface area (Å²) in [6.45, 7) is 6.11. The normalized spacial score (nSPS) is 10.9. The van der Waals surface area contributed by atoms with Crippen molar-refractivity contribution in [3.63, 3.8) is 0 Å². The molecule has 1 amide bonds. The Bertz CT molecular complexity index is 1030. The number of nitrogens with zero attached hydrogens (tertiary/aromatic N) is 3. The summed E-state index contributed by atoms with van der Waals surface area (Å²) in [6.07, 6.45) is 0. The van der Waals surface area contributed by atoms with Crippen molar-refractivity contribution in [1.29, 1.82) is 0 Å². The molecule has 2 aromatic carbocycles. The molecule has 3 rings (SSSR count). The zero-order chi connectivity index (χ0) is 23.1. The Balaban J connectivity index is 2.04. The number of halogens is 2. The van der Waals surface area contributed by atoms with Crippen LogP contribution in [0.4, 0.5) is 14.7 Å². The number of hydrogen-bond acceptors (Lipinski definition) is 5. The maximum absolute atomic E-state index is 13.7. The summed E-state index contributed by atoms with van der Waals surface area (Å²) in [4.78, 5) is 16.8. The Morgan fingerprint density at radius 1 is 1.06 bits per heavy atom. The van der Waals surface area contributed by atoms with E-state index in [1.807, 2.05) is 18.7 Å². The van der Waals surface area contributed by atoms with E-state index in [-0.39, 0.29) is 30.4 Å². The number of amides is 1. The van der Waals surface area contributed by atoms with E-state index in [0.29, 0.717) is 42.4 Å². The predicted molar refractivity (Wildman–Crippen MR) is 118 cm³/mol. The molecule has 0 saturated carbocycles. The fraction of sp³-hybridized carbons (Fsp3) is 0.333. The quantitative estimate of drug-likeness (QED) is 0.452. The summed E-state index contributed by atoms with van der Waals surface area (Å²) in [7, 11) is 1.55. The first-order valence-electron chi connectivity index (χ1n) is 10.5. The molecule has 0 atom stereocenters. The van der Waals surface area contributed by atoms with Crippen molar-refractivity contribution in [2.75, 3.05) is 38.3 Å². The molecule has 0 aliphatic rings. The monoisotopic (exact) mass is 443 g/mol. The Hall–Kier alpha value is -3.26. The lowest BCUT2D eigenvalue weighted by Gasteiger charge is -2.25. The van der Waals surface area contributed by atoms with E-state index in [0.717, 1.165) is 0 Å². The Kier molecular flexibility index (Phi) is 7.94. The van der Waals surface area contributed by atoms with Crippen LogP contribution in [0.15, 0.2) is 53.1 Å². The van der Waals surface area contributed by atoms with E-state index in [1.165, 1.54) is 30.3 Å². The van der Waals surface area contributed by atoms with Gasteiger partial charge in [0.15, 0.2) is 0 Å². The molecule has 3 aromatic rings. The molecule has 8 heteroatoms.